The van der Waals surface area contributed by atoms with Crippen molar-refractivity contribution in [3.8, 4) is 0 Å². The van der Waals surface area contributed by atoms with E-state index in [0.717, 1.165) is 0 Å². The molecule has 1 rings (SSSR count). The third-order valence-corrected chi connectivity index (χ3v) is 2.90. The highest BCUT2D eigenvalue weighted by atomic mass is 35.5. The molecule has 94 valence electrons. The maximum atomic E-state index is 11.9. The molecule has 1 aromatic carbocycles. The summed E-state index contributed by atoms with van der Waals surface area (Å²) in [5.74, 6) is -0.388. The van der Waals surface area contributed by atoms with E-state index in [0.29, 0.717) is 15.7 Å². The molecule has 1 aromatic rings. The number of rotatable bonds is 4. The molecule has 0 aromatic heterocycles. The fourth-order valence-corrected chi connectivity index (χ4v) is 1.52. The molecule has 0 radical (unpaired) electrons. The zero-order chi connectivity index (χ0) is 13.7. The number of benzene rings is 1. The fraction of sp³-hybridized carbons (Fsp3) is 0. The third kappa shape index (κ3) is 3.39. The SMILES string of the molecule is C=C/C(N)=C(\C=C)C(=O)Nc1ccc(Cl)c(Cl)c1. The van der Waals surface area contributed by atoms with Gasteiger partial charge in [0, 0.05) is 11.4 Å². The highest BCUT2D eigenvalue weighted by Crippen LogP contribution is 2.25. The Morgan fingerprint density at radius 2 is 1.89 bits per heavy atom. The molecule has 3 N–H and O–H groups in total. The molecule has 0 spiro atoms. The van der Waals surface area contributed by atoms with E-state index in [2.05, 4.69) is 18.5 Å². The minimum atomic E-state index is -0.388. The largest absolute Gasteiger partial charge is 0.398 e. The zero-order valence-corrected chi connectivity index (χ0v) is 11.1. The van der Waals surface area contributed by atoms with Gasteiger partial charge in [-0.2, -0.15) is 0 Å². The van der Waals surface area contributed by atoms with Gasteiger partial charge in [0.1, 0.15) is 0 Å². The molecule has 3 nitrogen and oxygen atoms in total. The van der Waals surface area contributed by atoms with Crippen LogP contribution in [0.3, 0.4) is 0 Å². The van der Waals surface area contributed by atoms with Gasteiger partial charge in [0.05, 0.1) is 15.6 Å². The number of nitrogens with one attached hydrogen (secondary N) is 1. The van der Waals surface area contributed by atoms with E-state index in [4.69, 9.17) is 28.9 Å². The van der Waals surface area contributed by atoms with Gasteiger partial charge in [-0.3, -0.25) is 4.79 Å². The number of amides is 1. The first-order valence-electron chi connectivity index (χ1n) is 5.00. The highest BCUT2D eigenvalue weighted by Gasteiger charge is 2.10. The predicted octanol–water partition coefficient (Wildman–Crippen LogP) is 3.52. The maximum Gasteiger partial charge on any atom is 0.257 e. The molecule has 0 bridgehead atoms. The molecule has 1 amide bonds. The second-order valence-corrected chi connectivity index (χ2v) is 4.17. The second-order valence-electron chi connectivity index (χ2n) is 3.36. The summed E-state index contributed by atoms with van der Waals surface area (Å²) in [5, 5.41) is 3.41. The Kier molecular flexibility index (Phi) is 5.01. The Labute approximate surface area is 116 Å². The van der Waals surface area contributed by atoms with Gasteiger partial charge in [-0.05, 0) is 24.3 Å². The molecular weight excluding hydrogens is 271 g/mol. The Balaban J connectivity index is 2.97. The number of carbonyl (C=O) groups excluding carboxylic acids is 1. The van der Waals surface area contributed by atoms with Gasteiger partial charge in [-0.15, -0.1) is 0 Å². The average molecular weight is 283 g/mol. The van der Waals surface area contributed by atoms with Crippen molar-refractivity contribution in [2.45, 2.75) is 0 Å². The van der Waals surface area contributed by atoms with E-state index in [-0.39, 0.29) is 17.2 Å². The minimum Gasteiger partial charge on any atom is -0.398 e. The maximum absolute atomic E-state index is 11.9. The lowest BCUT2D eigenvalue weighted by Crippen LogP contribution is -2.16. The average Bonchev–Trinajstić information content (AvgIpc) is 2.34. The Bertz CT molecular complexity index is 536. The molecule has 0 aliphatic carbocycles. The number of carbonyl (C=O) groups is 1. The van der Waals surface area contributed by atoms with Crippen molar-refractivity contribution in [1.29, 1.82) is 0 Å². The van der Waals surface area contributed by atoms with Gasteiger partial charge < -0.3 is 11.1 Å². The van der Waals surface area contributed by atoms with Crippen molar-refractivity contribution in [2.24, 2.45) is 5.73 Å². The molecule has 0 unspecified atom stereocenters. The van der Waals surface area contributed by atoms with Crippen molar-refractivity contribution >= 4 is 34.8 Å². The van der Waals surface area contributed by atoms with Crippen LogP contribution in [-0.4, -0.2) is 5.91 Å². The van der Waals surface area contributed by atoms with Gasteiger partial charge in [-0.25, -0.2) is 0 Å². The minimum absolute atomic E-state index is 0.246. The monoisotopic (exact) mass is 282 g/mol. The lowest BCUT2D eigenvalue weighted by atomic mass is 10.2. The number of anilines is 1. The topological polar surface area (TPSA) is 55.1 Å². The summed E-state index contributed by atoms with van der Waals surface area (Å²) in [6, 6.07) is 4.77. The predicted molar refractivity (Wildman–Crippen MR) is 76.7 cm³/mol. The summed E-state index contributed by atoms with van der Waals surface area (Å²) < 4.78 is 0. The van der Waals surface area contributed by atoms with E-state index in [1.54, 1.807) is 18.2 Å². The summed E-state index contributed by atoms with van der Waals surface area (Å²) >= 11 is 11.6. The van der Waals surface area contributed by atoms with Crippen LogP contribution in [0.15, 0.2) is 54.8 Å². The van der Waals surface area contributed by atoms with Crippen molar-refractivity contribution in [3.63, 3.8) is 0 Å². The summed E-state index contributed by atoms with van der Waals surface area (Å²) in [6.07, 6.45) is 2.75. The molecule has 0 heterocycles. The molecule has 5 heteroatoms. The van der Waals surface area contributed by atoms with Crippen LogP contribution in [-0.2, 0) is 4.79 Å². The summed E-state index contributed by atoms with van der Waals surface area (Å²) in [5.41, 5.74) is 6.64. The van der Waals surface area contributed by atoms with Crippen LogP contribution in [0.4, 0.5) is 5.69 Å². The van der Waals surface area contributed by atoms with E-state index < -0.39 is 0 Å². The number of halogens is 2. The third-order valence-electron chi connectivity index (χ3n) is 2.16. The fourth-order valence-electron chi connectivity index (χ4n) is 1.22. The number of hydrogen-bond donors (Lipinski definition) is 2. The van der Waals surface area contributed by atoms with Gasteiger partial charge in [0.15, 0.2) is 0 Å². The van der Waals surface area contributed by atoms with Crippen LogP contribution in [0.1, 0.15) is 0 Å². The molecule has 0 saturated heterocycles. The van der Waals surface area contributed by atoms with Gasteiger partial charge in [0.25, 0.3) is 5.91 Å². The molecular formula is C13H12Cl2N2O. The molecule has 0 aliphatic heterocycles. The van der Waals surface area contributed by atoms with Crippen LogP contribution in [0.25, 0.3) is 0 Å². The summed E-state index contributed by atoms with van der Waals surface area (Å²) in [4.78, 5) is 11.9. The number of nitrogens with two attached hydrogens (primary N) is 1. The van der Waals surface area contributed by atoms with E-state index in [1.807, 2.05) is 0 Å². The first kappa shape index (κ1) is 14.4. The second kappa shape index (κ2) is 6.28. The standard InChI is InChI=1S/C13H12Cl2N2O/c1-3-9(12(16)4-2)13(18)17-8-5-6-10(14)11(15)7-8/h3-7H,1-2,16H2,(H,17,18)/b12-9-. The van der Waals surface area contributed by atoms with Crippen molar-refractivity contribution < 1.29 is 4.79 Å². The lowest BCUT2D eigenvalue weighted by molar-refractivity contribution is -0.112. The van der Waals surface area contributed by atoms with E-state index >= 15 is 0 Å². The highest BCUT2D eigenvalue weighted by molar-refractivity contribution is 6.42. The first-order valence-corrected chi connectivity index (χ1v) is 5.76. The van der Waals surface area contributed by atoms with E-state index in [9.17, 15) is 4.79 Å². The van der Waals surface area contributed by atoms with Crippen LogP contribution >= 0.6 is 23.2 Å². The Morgan fingerprint density at radius 1 is 1.22 bits per heavy atom. The smallest absolute Gasteiger partial charge is 0.257 e. The number of allylic oxidation sites excluding steroid dienone is 1. The summed E-state index contributed by atoms with van der Waals surface area (Å²) in [7, 11) is 0. The molecule has 0 saturated carbocycles. The van der Waals surface area contributed by atoms with Gasteiger partial charge in [0.2, 0.25) is 0 Å². The van der Waals surface area contributed by atoms with Crippen molar-refractivity contribution in [1.82, 2.24) is 0 Å². The van der Waals surface area contributed by atoms with Crippen LogP contribution in [0.5, 0.6) is 0 Å². The summed E-state index contributed by atoms with van der Waals surface area (Å²) in [6.45, 7) is 7.03. The molecule has 18 heavy (non-hydrogen) atoms. The zero-order valence-electron chi connectivity index (χ0n) is 9.54. The van der Waals surface area contributed by atoms with Crippen LogP contribution in [0.2, 0.25) is 10.0 Å². The number of hydrogen-bond acceptors (Lipinski definition) is 2. The van der Waals surface area contributed by atoms with Crippen molar-refractivity contribution in [2.75, 3.05) is 5.32 Å². The van der Waals surface area contributed by atoms with Crippen molar-refractivity contribution in [3.05, 3.63) is 64.8 Å². The van der Waals surface area contributed by atoms with Crippen LogP contribution in [0, 0.1) is 0 Å². The Morgan fingerprint density at radius 3 is 2.39 bits per heavy atom. The first-order chi connectivity index (χ1) is 8.49. The van der Waals surface area contributed by atoms with E-state index in [1.165, 1.54) is 12.2 Å². The lowest BCUT2D eigenvalue weighted by Gasteiger charge is -2.08. The molecule has 0 fully saturated rings. The van der Waals surface area contributed by atoms with Crippen LogP contribution < -0.4 is 11.1 Å². The quantitative estimate of drug-likeness (QED) is 0.656. The normalized spacial score (nSPS) is 11.4. The Hall–Kier alpha value is -1.71. The molecule has 0 aliphatic rings. The van der Waals surface area contributed by atoms with Gasteiger partial charge in [-0.1, -0.05) is 42.4 Å². The van der Waals surface area contributed by atoms with Gasteiger partial charge >= 0.3 is 0 Å². The molecule has 0 atom stereocenters.